The molecule has 1 aromatic carbocycles. The minimum Gasteiger partial charge on any atom is -0.383 e. The third kappa shape index (κ3) is 2.91. The average Bonchev–Trinajstić information content (AvgIpc) is 2.53. The molecule has 1 aliphatic heterocycles. The summed E-state index contributed by atoms with van der Waals surface area (Å²) in [6.45, 7) is 6.22. The highest BCUT2D eigenvalue weighted by Gasteiger charge is 2.44. The number of allylic oxidation sites excluding steroid dienone is 3. The second-order valence-electron chi connectivity index (χ2n) is 8.21. The fourth-order valence-corrected chi connectivity index (χ4v) is 4.04. The summed E-state index contributed by atoms with van der Waals surface area (Å²) in [4.78, 5) is 13.2. The maximum absolute atomic E-state index is 13.2. The Labute approximate surface area is 155 Å². The van der Waals surface area contributed by atoms with E-state index < -0.39 is 5.92 Å². The number of hydrogen-bond donors (Lipinski definition) is 1. The molecule has 26 heavy (non-hydrogen) atoms. The van der Waals surface area contributed by atoms with Gasteiger partial charge in [-0.15, -0.1) is 0 Å². The van der Waals surface area contributed by atoms with Crippen LogP contribution in [-0.2, 0) is 4.79 Å². The standard InChI is InChI=1S/C21H26N4O/c1-13-6-8-14(9-7-13)18-15(12-22)20(23)25(24(4)5)16-10-21(2,3)11-17(26)19(16)18/h6-9,18H,10-11,23H2,1-5H3/t18-/m0/s1. The molecule has 1 heterocycles. The molecule has 0 saturated carbocycles. The van der Waals surface area contributed by atoms with Crippen LogP contribution in [0.3, 0.4) is 0 Å². The third-order valence-corrected chi connectivity index (χ3v) is 5.16. The van der Waals surface area contributed by atoms with Crippen LogP contribution in [-0.4, -0.2) is 29.9 Å². The van der Waals surface area contributed by atoms with Crippen LogP contribution in [0, 0.1) is 23.7 Å². The monoisotopic (exact) mass is 350 g/mol. The average molecular weight is 350 g/mol. The van der Waals surface area contributed by atoms with Gasteiger partial charge in [0.2, 0.25) is 0 Å². The quantitative estimate of drug-likeness (QED) is 0.886. The van der Waals surface area contributed by atoms with Crippen molar-refractivity contribution in [1.29, 1.82) is 5.26 Å². The smallest absolute Gasteiger partial charge is 0.162 e. The molecule has 0 radical (unpaired) electrons. The van der Waals surface area contributed by atoms with E-state index in [0.717, 1.165) is 23.2 Å². The summed E-state index contributed by atoms with van der Waals surface area (Å²) in [5.41, 5.74) is 10.4. The van der Waals surface area contributed by atoms with Gasteiger partial charge in [-0.3, -0.25) is 9.80 Å². The Kier molecular flexibility index (Phi) is 4.41. The molecule has 0 bridgehead atoms. The van der Waals surface area contributed by atoms with Gasteiger partial charge >= 0.3 is 0 Å². The zero-order valence-electron chi connectivity index (χ0n) is 16.1. The molecule has 0 saturated heterocycles. The van der Waals surface area contributed by atoms with Crippen LogP contribution < -0.4 is 5.73 Å². The summed E-state index contributed by atoms with van der Waals surface area (Å²) in [5, 5.41) is 13.5. The lowest BCUT2D eigenvalue weighted by atomic mass is 9.69. The van der Waals surface area contributed by atoms with Crippen LogP contribution in [0.25, 0.3) is 0 Å². The van der Waals surface area contributed by atoms with Crippen molar-refractivity contribution >= 4 is 5.78 Å². The molecule has 1 atom stereocenters. The molecular weight excluding hydrogens is 324 g/mol. The molecule has 0 amide bonds. The van der Waals surface area contributed by atoms with Gasteiger partial charge in [-0.05, 0) is 24.3 Å². The summed E-state index contributed by atoms with van der Waals surface area (Å²) in [7, 11) is 3.76. The maximum Gasteiger partial charge on any atom is 0.162 e. The van der Waals surface area contributed by atoms with E-state index in [4.69, 9.17) is 5.73 Å². The molecule has 0 unspecified atom stereocenters. The molecule has 2 N–H and O–H groups in total. The number of ketones is 1. The van der Waals surface area contributed by atoms with Crippen molar-refractivity contribution in [2.24, 2.45) is 11.1 Å². The number of nitrogens with two attached hydrogens (primary N) is 1. The lowest BCUT2D eigenvalue weighted by Crippen LogP contribution is -2.47. The van der Waals surface area contributed by atoms with Gasteiger partial charge in [0.15, 0.2) is 5.78 Å². The zero-order chi connectivity index (χ0) is 19.2. The Morgan fingerprint density at radius 1 is 1.23 bits per heavy atom. The van der Waals surface area contributed by atoms with Crippen molar-refractivity contribution in [2.75, 3.05) is 14.1 Å². The van der Waals surface area contributed by atoms with E-state index in [0.29, 0.717) is 23.4 Å². The molecule has 1 aliphatic carbocycles. The molecule has 1 aromatic rings. The first-order valence-electron chi connectivity index (χ1n) is 8.86. The number of aryl methyl sites for hydroxylation is 1. The topological polar surface area (TPSA) is 73.4 Å². The molecule has 2 aliphatic rings. The minimum atomic E-state index is -0.393. The van der Waals surface area contributed by atoms with Crippen molar-refractivity contribution in [3.8, 4) is 6.07 Å². The van der Waals surface area contributed by atoms with Crippen LogP contribution >= 0.6 is 0 Å². The van der Waals surface area contributed by atoms with Gasteiger partial charge in [-0.1, -0.05) is 43.7 Å². The highest BCUT2D eigenvalue weighted by Crippen LogP contribution is 2.49. The largest absolute Gasteiger partial charge is 0.383 e. The van der Waals surface area contributed by atoms with Crippen LogP contribution in [0.15, 0.2) is 46.9 Å². The maximum atomic E-state index is 13.2. The number of hydrazine groups is 1. The Morgan fingerprint density at radius 2 is 1.85 bits per heavy atom. The second-order valence-corrected chi connectivity index (χ2v) is 8.21. The molecule has 0 spiro atoms. The first-order chi connectivity index (χ1) is 12.2. The predicted octanol–water partition coefficient (Wildman–Crippen LogP) is 3.21. The van der Waals surface area contributed by atoms with Gasteiger partial charge in [-0.25, -0.2) is 5.01 Å². The van der Waals surface area contributed by atoms with E-state index in [9.17, 15) is 10.1 Å². The number of rotatable bonds is 2. The van der Waals surface area contributed by atoms with E-state index in [1.165, 1.54) is 0 Å². The van der Waals surface area contributed by atoms with Crippen LogP contribution in [0.1, 0.15) is 43.7 Å². The van der Waals surface area contributed by atoms with Gasteiger partial charge in [0.1, 0.15) is 5.82 Å². The van der Waals surface area contributed by atoms with E-state index >= 15 is 0 Å². The number of nitrogens with zero attached hydrogens (tertiary/aromatic N) is 3. The molecule has 3 rings (SSSR count). The predicted molar refractivity (Wildman–Crippen MR) is 101 cm³/mol. The first-order valence-corrected chi connectivity index (χ1v) is 8.86. The molecule has 5 nitrogen and oxygen atoms in total. The first kappa shape index (κ1) is 18.2. The highest BCUT2D eigenvalue weighted by atomic mass is 16.1. The van der Waals surface area contributed by atoms with Gasteiger partial charge in [-0.2, -0.15) is 5.26 Å². The van der Waals surface area contributed by atoms with Gasteiger partial charge in [0.25, 0.3) is 0 Å². The Balaban J connectivity index is 2.27. The Morgan fingerprint density at radius 3 is 2.38 bits per heavy atom. The number of benzene rings is 1. The van der Waals surface area contributed by atoms with Crippen molar-refractivity contribution in [2.45, 2.75) is 39.5 Å². The second kappa shape index (κ2) is 6.30. The zero-order valence-corrected chi connectivity index (χ0v) is 16.1. The summed E-state index contributed by atoms with van der Waals surface area (Å²) < 4.78 is 0. The summed E-state index contributed by atoms with van der Waals surface area (Å²) >= 11 is 0. The van der Waals surface area contributed by atoms with Crippen molar-refractivity contribution in [3.05, 3.63) is 58.1 Å². The van der Waals surface area contributed by atoms with Gasteiger partial charge < -0.3 is 5.73 Å². The van der Waals surface area contributed by atoms with Crippen LogP contribution in [0.4, 0.5) is 0 Å². The Hall–Kier alpha value is -2.58. The number of hydrogen-bond acceptors (Lipinski definition) is 5. The van der Waals surface area contributed by atoms with Crippen LogP contribution in [0.5, 0.6) is 0 Å². The fourth-order valence-electron chi connectivity index (χ4n) is 4.04. The van der Waals surface area contributed by atoms with Crippen molar-refractivity contribution in [3.63, 3.8) is 0 Å². The van der Waals surface area contributed by atoms with Crippen molar-refractivity contribution in [1.82, 2.24) is 10.0 Å². The van der Waals surface area contributed by atoms with E-state index in [-0.39, 0.29) is 11.2 Å². The third-order valence-electron chi connectivity index (χ3n) is 5.16. The number of carbonyl (C=O) groups excluding carboxylic acids is 1. The lowest BCUT2D eigenvalue weighted by molar-refractivity contribution is -0.119. The number of Topliss-reactive ketones (excluding diaryl/α,β-unsaturated/α-hetero) is 1. The SMILES string of the molecule is Cc1ccc([C@H]2C(C#N)=C(N)N(N(C)C)C3=C2C(=O)CC(C)(C)C3)cc1. The molecular formula is C21H26N4O. The number of nitriles is 1. The molecule has 0 aromatic heterocycles. The summed E-state index contributed by atoms with van der Waals surface area (Å²) in [5.74, 6) is 0.122. The molecule has 0 fully saturated rings. The van der Waals surface area contributed by atoms with E-state index in [1.54, 1.807) is 0 Å². The summed E-state index contributed by atoms with van der Waals surface area (Å²) in [6, 6.07) is 10.3. The lowest BCUT2D eigenvalue weighted by Gasteiger charge is -2.45. The molecule has 5 heteroatoms. The van der Waals surface area contributed by atoms with Crippen molar-refractivity contribution < 1.29 is 4.79 Å². The molecule has 136 valence electrons. The van der Waals surface area contributed by atoms with Gasteiger partial charge in [0.05, 0.1) is 17.6 Å². The Bertz CT molecular complexity index is 853. The van der Waals surface area contributed by atoms with Crippen LogP contribution in [0.2, 0.25) is 0 Å². The highest BCUT2D eigenvalue weighted by molar-refractivity contribution is 6.00. The summed E-state index contributed by atoms with van der Waals surface area (Å²) in [6.07, 6.45) is 1.22. The van der Waals surface area contributed by atoms with E-state index in [1.807, 2.05) is 55.3 Å². The minimum absolute atomic E-state index is 0.105. The van der Waals surface area contributed by atoms with E-state index in [2.05, 4.69) is 19.9 Å². The fraction of sp³-hybridized carbons (Fsp3) is 0.429. The number of carbonyl (C=O) groups is 1. The normalized spacial score (nSPS) is 22.6. The van der Waals surface area contributed by atoms with Gasteiger partial charge in [0, 0.05) is 31.8 Å².